The molecule has 1 fully saturated rings. The molecule has 1 amide bonds. The van der Waals surface area contributed by atoms with Crippen LogP contribution in [0.15, 0.2) is 4.52 Å². The highest BCUT2D eigenvalue weighted by molar-refractivity contribution is 5.76. The van der Waals surface area contributed by atoms with E-state index in [1.807, 2.05) is 13.8 Å². The third-order valence-corrected chi connectivity index (χ3v) is 4.03. The van der Waals surface area contributed by atoms with E-state index in [1.54, 1.807) is 0 Å². The predicted molar refractivity (Wildman–Crippen MR) is 83.8 cm³/mol. The van der Waals surface area contributed by atoms with Crippen LogP contribution in [0.2, 0.25) is 0 Å². The second-order valence-corrected chi connectivity index (χ2v) is 6.17. The first-order chi connectivity index (χ1) is 10.5. The van der Waals surface area contributed by atoms with Gasteiger partial charge in [0.05, 0.1) is 17.9 Å². The molecule has 6 heteroatoms. The molecule has 0 bridgehead atoms. The summed E-state index contributed by atoms with van der Waals surface area (Å²) in [5, 5.41) is 6.89. The van der Waals surface area contributed by atoms with Gasteiger partial charge in [0.1, 0.15) is 5.76 Å². The van der Waals surface area contributed by atoms with Crippen molar-refractivity contribution in [2.45, 2.75) is 52.7 Å². The molecule has 6 nitrogen and oxygen atoms in total. The van der Waals surface area contributed by atoms with Gasteiger partial charge in [-0.25, -0.2) is 0 Å². The number of ether oxygens (including phenoxy) is 1. The minimum atomic E-state index is 0.0781. The summed E-state index contributed by atoms with van der Waals surface area (Å²) in [5.74, 6) is 0.885. The van der Waals surface area contributed by atoms with Crippen LogP contribution in [0.25, 0.3) is 0 Å². The molecule has 2 heterocycles. The molecule has 1 aliphatic heterocycles. The molecule has 1 aromatic rings. The van der Waals surface area contributed by atoms with Crippen molar-refractivity contribution in [3.05, 3.63) is 17.0 Å². The lowest BCUT2D eigenvalue weighted by molar-refractivity contribution is -0.121. The number of amides is 1. The van der Waals surface area contributed by atoms with E-state index in [0.717, 1.165) is 36.7 Å². The number of aromatic nitrogens is 1. The van der Waals surface area contributed by atoms with Crippen LogP contribution in [0, 0.1) is 13.8 Å². The first kappa shape index (κ1) is 17.0. The Kier molecular flexibility index (Phi) is 5.97. The zero-order chi connectivity index (χ0) is 16.1. The van der Waals surface area contributed by atoms with Gasteiger partial charge in [0.2, 0.25) is 5.91 Å². The SMILES string of the molecule is Cc1noc(C)c1CCC(=O)NCCN1C[C@H](C)O[C@@H](C)C1. The van der Waals surface area contributed by atoms with Gasteiger partial charge in [0.25, 0.3) is 0 Å². The van der Waals surface area contributed by atoms with Gasteiger partial charge < -0.3 is 14.6 Å². The van der Waals surface area contributed by atoms with E-state index in [1.165, 1.54) is 0 Å². The Morgan fingerprint density at radius 3 is 2.59 bits per heavy atom. The Morgan fingerprint density at radius 1 is 1.32 bits per heavy atom. The molecule has 1 aliphatic rings. The van der Waals surface area contributed by atoms with Crippen molar-refractivity contribution in [3.63, 3.8) is 0 Å². The fourth-order valence-electron chi connectivity index (χ4n) is 3.01. The van der Waals surface area contributed by atoms with Gasteiger partial charge in [-0.1, -0.05) is 5.16 Å². The normalized spacial score (nSPS) is 22.7. The molecule has 0 saturated carbocycles. The average molecular weight is 309 g/mol. The van der Waals surface area contributed by atoms with Crippen LogP contribution in [0.3, 0.4) is 0 Å². The molecule has 22 heavy (non-hydrogen) atoms. The summed E-state index contributed by atoms with van der Waals surface area (Å²) in [5.41, 5.74) is 1.92. The van der Waals surface area contributed by atoms with E-state index < -0.39 is 0 Å². The minimum Gasteiger partial charge on any atom is -0.373 e. The number of hydrogen-bond donors (Lipinski definition) is 1. The lowest BCUT2D eigenvalue weighted by atomic mass is 10.1. The third kappa shape index (κ3) is 4.81. The van der Waals surface area contributed by atoms with Gasteiger partial charge in [-0.15, -0.1) is 0 Å². The molecule has 0 unspecified atom stereocenters. The maximum absolute atomic E-state index is 11.9. The largest absolute Gasteiger partial charge is 0.373 e. The Hall–Kier alpha value is -1.40. The molecule has 0 aliphatic carbocycles. The maximum atomic E-state index is 11.9. The smallest absolute Gasteiger partial charge is 0.220 e. The number of hydrogen-bond acceptors (Lipinski definition) is 5. The first-order valence-electron chi connectivity index (χ1n) is 8.02. The molecule has 0 aromatic carbocycles. The van der Waals surface area contributed by atoms with Crippen molar-refractivity contribution in [3.8, 4) is 0 Å². The molecule has 1 N–H and O–H groups in total. The summed E-state index contributed by atoms with van der Waals surface area (Å²) < 4.78 is 10.8. The summed E-state index contributed by atoms with van der Waals surface area (Å²) in [6.07, 6.45) is 1.68. The molecule has 0 radical (unpaired) electrons. The fourth-order valence-corrected chi connectivity index (χ4v) is 3.01. The lowest BCUT2D eigenvalue weighted by Crippen LogP contribution is -2.47. The summed E-state index contributed by atoms with van der Waals surface area (Å²) in [4.78, 5) is 14.3. The molecular formula is C16H27N3O3. The Morgan fingerprint density at radius 2 is 2.00 bits per heavy atom. The van der Waals surface area contributed by atoms with Gasteiger partial charge in [0.15, 0.2) is 0 Å². The first-order valence-corrected chi connectivity index (χ1v) is 8.02. The van der Waals surface area contributed by atoms with E-state index in [4.69, 9.17) is 9.26 Å². The second kappa shape index (κ2) is 7.74. The number of carbonyl (C=O) groups is 1. The Bertz CT molecular complexity index is 471. The monoisotopic (exact) mass is 309 g/mol. The topological polar surface area (TPSA) is 67.6 Å². The number of aryl methyl sites for hydroxylation is 2. The minimum absolute atomic E-state index is 0.0781. The number of morpholine rings is 1. The molecule has 1 aromatic heterocycles. The standard InChI is InChI=1S/C16H27N3O3/c1-11-9-19(10-12(2)21-11)8-7-17-16(20)6-5-15-13(3)18-22-14(15)4/h11-12H,5-10H2,1-4H3,(H,17,20)/t11-,12-/m0/s1. The average Bonchev–Trinajstić information content (AvgIpc) is 2.75. The molecule has 2 atom stereocenters. The van der Waals surface area contributed by atoms with Crippen LogP contribution < -0.4 is 5.32 Å². The number of nitrogens with one attached hydrogen (secondary N) is 1. The summed E-state index contributed by atoms with van der Waals surface area (Å²) in [6.45, 7) is 11.4. The predicted octanol–water partition coefficient (Wildman–Crippen LogP) is 1.45. The zero-order valence-electron chi connectivity index (χ0n) is 14.0. The lowest BCUT2D eigenvalue weighted by Gasteiger charge is -2.35. The van der Waals surface area contributed by atoms with Crippen LogP contribution in [-0.4, -0.2) is 54.4 Å². The van der Waals surface area contributed by atoms with Gasteiger partial charge in [-0.3, -0.25) is 9.69 Å². The van der Waals surface area contributed by atoms with Crippen molar-refractivity contribution in [2.75, 3.05) is 26.2 Å². The van der Waals surface area contributed by atoms with E-state index in [-0.39, 0.29) is 18.1 Å². The molecule has 0 spiro atoms. The fraction of sp³-hybridized carbons (Fsp3) is 0.750. The van der Waals surface area contributed by atoms with Gasteiger partial charge >= 0.3 is 0 Å². The molecule has 1 saturated heterocycles. The highest BCUT2D eigenvalue weighted by Crippen LogP contribution is 2.14. The van der Waals surface area contributed by atoms with Crippen LogP contribution >= 0.6 is 0 Å². The number of rotatable bonds is 6. The summed E-state index contributed by atoms with van der Waals surface area (Å²) in [7, 11) is 0. The molecule has 124 valence electrons. The van der Waals surface area contributed by atoms with Crippen LogP contribution in [0.5, 0.6) is 0 Å². The Labute approximate surface area is 132 Å². The third-order valence-electron chi connectivity index (χ3n) is 4.03. The van der Waals surface area contributed by atoms with E-state index >= 15 is 0 Å². The van der Waals surface area contributed by atoms with E-state index in [9.17, 15) is 4.79 Å². The quantitative estimate of drug-likeness (QED) is 0.861. The van der Waals surface area contributed by atoms with E-state index in [0.29, 0.717) is 19.4 Å². The van der Waals surface area contributed by atoms with E-state index in [2.05, 4.69) is 29.2 Å². The van der Waals surface area contributed by atoms with Crippen LogP contribution in [0.1, 0.15) is 37.3 Å². The molecular weight excluding hydrogens is 282 g/mol. The number of nitrogens with zero attached hydrogens (tertiary/aromatic N) is 2. The van der Waals surface area contributed by atoms with Crippen molar-refractivity contribution in [1.29, 1.82) is 0 Å². The van der Waals surface area contributed by atoms with Gasteiger partial charge in [-0.2, -0.15) is 0 Å². The van der Waals surface area contributed by atoms with Gasteiger partial charge in [-0.05, 0) is 34.1 Å². The van der Waals surface area contributed by atoms with Crippen molar-refractivity contribution >= 4 is 5.91 Å². The summed E-state index contributed by atoms with van der Waals surface area (Å²) >= 11 is 0. The van der Waals surface area contributed by atoms with Crippen molar-refractivity contribution in [2.24, 2.45) is 0 Å². The maximum Gasteiger partial charge on any atom is 0.220 e. The second-order valence-electron chi connectivity index (χ2n) is 6.17. The zero-order valence-corrected chi connectivity index (χ0v) is 14.0. The number of carbonyl (C=O) groups excluding carboxylic acids is 1. The van der Waals surface area contributed by atoms with Crippen molar-refractivity contribution in [1.82, 2.24) is 15.4 Å². The highest BCUT2D eigenvalue weighted by atomic mass is 16.5. The Balaban J connectivity index is 1.66. The summed E-state index contributed by atoms with van der Waals surface area (Å²) in [6, 6.07) is 0. The highest BCUT2D eigenvalue weighted by Gasteiger charge is 2.21. The van der Waals surface area contributed by atoms with Crippen LogP contribution in [-0.2, 0) is 16.0 Å². The van der Waals surface area contributed by atoms with Crippen molar-refractivity contribution < 1.29 is 14.1 Å². The van der Waals surface area contributed by atoms with Gasteiger partial charge in [0, 0.05) is 38.2 Å². The molecule has 2 rings (SSSR count). The van der Waals surface area contributed by atoms with Crippen LogP contribution in [0.4, 0.5) is 0 Å².